The number of carboxylic acid groups (broad SMARTS) is 1. The van der Waals surface area contributed by atoms with E-state index in [1.165, 1.54) is 19.4 Å². The van der Waals surface area contributed by atoms with Gasteiger partial charge in [-0.15, -0.1) is 0 Å². The zero-order chi connectivity index (χ0) is 10.6. The van der Waals surface area contributed by atoms with Gasteiger partial charge in [0.15, 0.2) is 0 Å². The summed E-state index contributed by atoms with van der Waals surface area (Å²) >= 11 is 0. The van der Waals surface area contributed by atoms with Crippen LogP contribution in [0.15, 0.2) is 0 Å². The average Bonchev–Trinajstić information content (AvgIpc) is 2.50. The summed E-state index contributed by atoms with van der Waals surface area (Å²) in [6, 6.07) is 0.560. The third-order valence-corrected chi connectivity index (χ3v) is 2.83. The van der Waals surface area contributed by atoms with Crippen LogP contribution >= 0.6 is 0 Å². The van der Waals surface area contributed by atoms with Crippen LogP contribution in [0.25, 0.3) is 0 Å². The van der Waals surface area contributed by atoms with E-state index in [-0.39, 0.29) is 6.54 Å². The molecule has 1 aliphatic rings. The Balaban J connectivity index is 2.31. The predicted octanol–water partition coefficient (Wildman–Crippen LogP) is 0.487. The number of likely N-dealkylation sites (tertiary alicyclic amines) is 1. The zero-order valence-electron chi connectivity index (χ0n) is 9.07. The van der Waals surface area contributed by atoms with E-state index in [1.54, 1.807) is 0 Å². The Hall–Kier alpha value is -0.610. The van der Waals surface area contributed by atoms with E-state index in [1.807, 2.05) is 11.9 Å². The summed E-state index contributed by atoms with van der Waals surface area (Å²) in [4.78, 5) is 14.8. The van der Waals surface area contributed by atoms with Crippen molar-refractivity contribution in [1.82, 2.24) is 9.80 Å². The van der Waals surface area contributed by atoms with Crippen molar-refractivity contribution in [2.75, 3.05) is 33.2 Å². The molecule has 1 saturated heterocycles. The minimum atomic E-state index is -0.742. The van der Waals surface area contributed by atoms with Crippen molar-refractivity contribution in [1.29, 1.82) is 0 Å². The molecule has 0 spiro atoms. The molecule has 1 N–H and O–H groups in total. The monoisotopic (exact) mass is 200 g/mol. The fourth-order valence-electron chi connectivity index (χ4n) is 2.17. The lowest BCUT2D eigenvalue weighted by molar-refractivity contribution is -0.138. The van der Waals surface area contributed by atoms with Crippen LogP contribution in [0.3, 0.4) is 0 Å². The molecule has 0 radical (unpaired) electrons. The predicted molar refractivity (Wildman–Crippen MR) is 55.4 cm³/mol. The van der Waals surface area contributed by atoms with Crippen molar-refractivity contribution in [3.05, 3.63) is 0 Å². The number of aliphatic carboxylic acids is 1. The Labute approximate surface area is 85.5 Å². The smallest absolute Gasteiger partial charge is 0.317 e. The molecule has 1 rings (SSSR count). The van der Waals surface area contributed by atoms with Crippen molar-refractivity contribution < 1.29 is 9.90 Å². The number of nitrogens with zero attached hydrogens (tertiary/aromatic N) is 2. The van der Waals surface area contributed by atoms with Gasteiger partial charge < -0.3 is 5.11 Å². The Morgan fingerprint density at radius 3 is 2.93 bits per heavy atom. The maximum absolute atomic E-state index is 10.5. The SMILES string of the molecule is CCN1CCCC1CN(C)CC(=O)O. The van der Waals surface area contributed by atoms with Gasteiger partial charge in [-0.2, -0.15) is 0 Å². The zero-order valence-corrected chi connectivity index (χ0v) is 9.07. The Morgan fingerprint density at radius 1 is 1.64 bits per heavy atom. The topological polar surface area (TPSA) is 43.8 Å². The molecule has 1 unspecified atom stereocenters. The highest BCUT2D eigenvalue weighted by molar-refractivity contribution is 5.69. The molecule has 0 aromatic heterocycles. The van der Waals surface area contributed by atoms with Crippen LogP contribution < -0.4 is 0 Å². The molecule has 0 bridgehead atoms. The second-order valence-corrected chi connectivity index (χ2v) is 4.02. The first-order valence-corrected chi connectivity index (χ1v) is 5.28. The van der Waals surface area contributed by atoms with Gasteiger partial charge in [-0.25, -0.2) is 0 Å². The first-order chi connectivity index (χ1) is 6.63. The third-order valence-electron chi connectivity index (χ3n) is 2.83. The molecule has 14 heavy (non-hydrogen) atoms. The molecule has 1 aliphatic heterocycles. The summed E-state index contributed by atoms with van der Waals surface area (Å²) in [7, 11) is 1.88. The standard InChI is InChI=1S/C10H20N2O2/c1-3-12-6-4-5-9(12)7-11(2)8-10(13)14/h9H,3-8H2,1-2H3,(H,13,14). The summed E-state index contributed by atoms with van der Waals surface area (Å²) in [5.74, 6) is -0.742. The average molecular weight is 200 g/mol. The van der Waals surface area contributed by atoms with Crippen molar-refractivity contribution >= 4 is 5.97 Å². The minimum absolute atomic E-state index is 0.147. The third kappa shape index (κ3) is 3.27. The summed E-state index contributed by atoms with van der Waals surface area (Å²) in [6.45, 7) is 5.43. The van der Waals surface area contributed by atoms with Crippen molar-refractivity contribution in [3.63, 3.8) is 0 Å². The minimum Gasteiger partial charge on any atom is -0.480 e. The van der Waals surface area contributed by atoms with Gasteiger partial charge in [0.1, 0.15) is 0 Å². The van der Waals surface area contributed by atoms with E-state index in [9.17, 15) is 4.79 Å². The first kappa shape index (κ1) is 11.5. The quantitative estimate of drug-likeness (QED) is 0.701. The van der Waals surface area contributed by atoms with Gasteiger partial charge in [0, 0.05) is 12.6 Å². The maximum atomic E-state index is 10.5. The number of likely N-dealkylation sites (N-methyl/N-ethyl adjacent to an activating group) is 2. The summed E-state index contributed by atoms with van der Waals surface area (Å²) in [5, 5.41) is 8.63. The lowest BCUT2D eigenvalue weighted by atomic mass is 10.2. The van der Waals surface area contributed by atoms with Gasteiger partial charge in [-0.1, -0.05) is 6.92 Å². The number of rotatable bonds is 5. The van der Waals surface area contributed by atoms with Crippen LogP contribution in [-0.2, 0) is 4.79 Å². The van der Waals surface area contributed by atoms with Crippen LogP contribution in [-0.4, -0.2) is 60.1 Å². The van der Waals surface area contributed by atoms with Gasteiger partial charge in [0.2, 0.25) is 0 Å². The van der Waals surface area contributed by atoms with Crippen LogP contribution in [0, 0.1) is 0 Å². The maximum Gasteiger partial charge on any atom is 0.317 e. The van der Waals surface area contributed by atoms with E-state index in [0.717, 1.165) is 13.1 Å². The largest absolute Gasteiger partial charge is 0.480 e. The van der Waals surface area contributed by atoms with Gasteiger partial charge in [0.05, 0.1) is 6.54 Å². The number of hydrogen-bond donors (Lipinski definition) is 1. The Morgan fingerprint density at radius 2 is 2.36 bits per heavy atom. The van der Waals surface area contributed by atoms with Gasteiger partial charge in [0.25, 0.3) is 0 Å². The van der Waals surface area contributed by atoms with Gasteiger partial charge in [-0.3, -0.25) is 14.6 Å². The highest BCUT2D eigenvalue weighted by Gasteiger charge is 2.24. The summed E-state index contributed by atoms with van der Waals surface area (Å²) in [5.41, 5.74) is 0. The van der Waals surface area contributed by atoms with E-state index >= 15 is 0 Å². The molecule has 4 heteroatoms. The lowest BCUT2D eigenvalue weighted by Gasteiger charge is -2.26. The number of carboxylic acids is 1. The number of carbonyl (C=O) groups is 1. The van der Waals surface area contributed by atoms with Gasteiger partial charge in [-0.05, 0) is 33.0 Å². The Kier molecular flexibility index (Phi) is 4.35. The fourth-order valence-corrected chi connectivity index (χ4v) is 2.17. The van der Waals surface area contributed by atoms with E-state index in [2.05, 4.69) is 11.8 Å². The van der Waals surface area contributed by atoms with Crippen LogP contribution in [0.5, 0.6) is 0 Å². The molecule has 82 valence electrons. The summed E-state index contributed by atoms with van der Waals surface area (Å²) < 4.78 is 0. The normalized spacial score (nSPS) is 23.2. The van der Waals surface area contributed by atoms with Gasteiger partial charge >= 0.3 is 5.97 Å². The Bertz CT molecular complexity index is 197. The first-order valence-electron chi connectivity index (χ1n) is 5.28. The van der Waals surface area contributed by atoms with E-state index < -0.39 is 5.97 Å². The van der Waals surface area contributed by atoms with Crippen LogP contribution in [0.2, 0.25) is 0 Å². The highest BCUT2D eigenvalue weighted by Crippen LogP contribution is 2.16. The lowest BCUT2D eigenvalue weighted by Crippen LogP contribution is -2.40. The van der Waals surface area contributed by atoms with Crippen LogP contribution in [0.4, 0.5) is 0 Å². The van der Waals surface area contributed by atoms with Crippen molar-refractivity contribution in [3.8, 4) is 0 Å². The second-order valence-electron chi connectivity index (χ2n) is 4.02. The molecule has 4 nitrogen and oxygen atoms in total. The summed E-state index contributed by atoms with van der Waals surface area (Å²) in [6.07, 6.45) is 2.46. The molecular weight excluding hydrogens is 180 g/mol. The molecule has 1 atom stereocenters. The van der Waals surface area contributed by atoms with Crippen molar-refractivity contribution in [2.45, 2.75) is 25.8 Å². The molecular formula is C10H20N2O2. The van der Waals surface area contributed by atoms with E-state index in [4.69, 9.17) is 5.11 Å². The molecule has 0 amide bonds. The molecule has 1 fully saturated rings. The molecule has 0 saturated carbocycles. The molecule has 0 aliphatic carbocycles. The molecule has 1 heterocycles. The fraction of sp³-hybridized carbons (Fsp3) is 0.900. The highest BCUT2D eigenvalue weighted by atomic mass is 16.4. The second kappa shape index (κ2) is 5.32. The molecule has 0 aromatic carbocycles. The van der Waals surface area contributed by atoms with E-state index in [0.29, 0.717) is 6.04 Å². The number of hydrogen-bond acceptors (Lipinski definition) is 3. The van der Waals surface area contributed by atoms with Crippen LogP contribution in [0.1, 0.15) is 19.8 Å². The molecule has 0 aromatic rings. The van der Waals surface area contributed by atoms with Crippen molar-refractivity contribution in [2.24, 2.45) is 0 Å².